The third kappa shape index (κ3) is 11.4. The quantitative estimate of drug-likeness (QED) is 0.0612. The van der Waals surface area contributed by atoms with E-state index < -0.39 is 27.3 Å². The number of aromatic nitrogens is 4. The summed E-state index contributed by atoms with van der Waals surface area (Å²) in [7, 11) is -2.67. The summed E-state index contributed by atoms with van der Waals surface area (Å²) < 4.78 is 26.6. The summed E-state index contributed by atoms with van der Waals surface area (Å²) in [6, 6.07) is 6.01. The van der Waals surface area contributed by atoms with Crippen LogP contribution in [0.4, 0.5) is 10.6 Å². The number of piperidine rings is 1. The van der Waals surface area contributed by atoms with Crippen LogP contribution in [0.3, 0.4) is 0 Å². The van der Waals surface area contributed by atoms with E-state index in [9.17, 15) is 9.90 Å². The molecule has 2 saturated heterocycles. The molecular weight excluding hydrogens is 741 g/mol. The zero-order chi connectivity index (χ0) is 41.1. The third-order valence-corrected chi connectivity index (χ3v) is 13.8. The number of amides is 1. The van der Waals surface area contributed by atoms with Crippen LogP contribution in [0.1, 0.15) is 90.1 Å². The SMILES string of the molecule is CCO/C=C/c1c(C2C[C@H]3CC[C@@H](C2)N3C(=O)OC(C)(C)C)nc2c(-c3ccc(C(C)(C)O)nc3)cnn2c1N(COCC[Si](C)(C)C)COCC[Si](C)(C)C. The molecule has 2 aliphatic heterocycles. The normalized spacial score (nSPS) is 19.3. The van der Waals surface area contributed by atoms with Gasteiger partial charge in [0.1, 0.15) is 30.5 Å². The first-order valence-corrected chi connectivity index (χ1v) is 27.9. The van der Waals surface area contributed by atoms with Crippen molar-refractivity contribution in [1.82, 2.24) is 24.5 Å². The van der Waals surface area contributed by atoms with E-state index in [0.29, 0.717) is 44.6 Å². The van der Waals surface area contributed by atoms with Gasteiger partial charge in [0.05, 0.1) is 30.5 Å². The number of carbonyl (C=O) groups excluding carboxylic acids is 1. The Bertz CT molecular complexity index is 1770. The molecule has 0 spiro atoms. The highest BCUT2D eigenvalue weighted by molar-refractivity contribution is 6.76. The second-order valence-electron chi connectivity index (χ2n) is 19.5. The van der Waals surface area contributed by atoms with Crippen LogP contribution in [-0.2, 0) is 24.5 Å². The van der Waals surface area contributed by atoms with Crippen molar-refractivity contribution in [1.29, 1.82) is 0 Å². The molecule has 5 rings (SSSR count). The van der Waals surface area contributed by atoms with Crippen molar-refractivity contribution in [3.05, 3.63) is 47.7 Å². The standard InChI is InChI=1S/C42H68N6O6Si2/c1-13-51-19-18-34-37(31-24-32-15-16-33(25-31)47(32)40(49)54-41(2,3)4)45-38-35(30-14-17-36(43-26-30)42(5,6)50)27-44-48(38)39(34)46(28-52-20-22-55(7,8)9)29-53-21-23-56(10,11)12/h14,17-19,26-27,31-33,50H,13,15-16,20-25,28-29H2,1-12H3/b19-18+/t31?,32-,33+. The molecule has 1 N–H and O–H groups in total. The molecule has 56 heavy (non-hydrogen) atoms. The molecule has 3 atom stereocenters. The van der Waals surface area contributed by atoms with Crippen molar-refractivity contribution >= 4 is 39.8 Å². The van der Waals surface area contributed by atoms with Crippen molar-refractivity contribution in [3.63, 3.8) is 0 Å². The lowest BCUT2D eigenvalue weighted by Gasteiger charge is -2.40. The van der Waals surface area contributed by atoms with Gasteiger partial charge in [-0.05, 0) is 91.5 Å². The molecule has 1 amide bonds. The summed E-state index contributed by atoms with van der Waals surface area (Å²) >= 11 is 0. The molecule has 2 bridgehead atoms. The van der Waals surface area contributed by atoms with Gasteiger partial charge >= 0.3 is 6.09 Å². The Morgan fingerprint density at radius 2 is 1.55 bits per heavy atom. The maximum atomic E-state index is 13.5. The van der Waals surface area contributed by atoms with Crippen LogP contribution in [0.2, 0.25) is 51.4 Å². The Labute approximate surface area is 337 Å². The summed E-state index contributed by atoms with van der Waals surface area (Å²) in [4.78, 5) is 27.8. The predicted molar refractivity (Wildman–Crippen MR) is 229 cm³/mol. The van der Waals surface area contributed by atoms with Crippen LogP contribution in [-0.4, -0.2) is 103 Å². The maximum Gasteiger partial charge on any atom is 0.410 e. The van der Waals surface area contributed by atoms with Crippen LogP contribution >= 0.6 is 0 Å². The minimum absolute atomic E-state index is 0.0488. The molecule has 0 aromatic carbocycles. The lowest BCUT2D eigenvalue weighted by atomic mass is 9.86. The molecule has 1 unspecified atom stereocenters. The van der Waals surface area contributed by atoms with Gasteiger partial charge in [0, 0.05) is 70.3 Å². The highest BCUT2D eigenvalue weighted by Gasteiger charge is 2.46. The number of pyridine rings is 1. The smallest absolute Gasteiger partial charge is 0.410 e. The summed E-state index contributed by atoms with van der Waals surface area (Å²) in [5.74, 6) is 0.869. The Kier molecular flexibility index (Phi) is 13.8. The average molecular weight is 809 g/mol. The zero-order valence-corrected chi connectivity index (χ0v) is 38.1. The molecule has 0 saturated carbocycles. The molecule has 310 valence electrons. The van der Waals surface area contributed by atoms with E-state index in [0.717, 1.165) is 66.0 Å². The van der Waals surface area contributed by atoms with Crippen molar-refractivity contribution in [2.24, 2.45) is 0 Å². The maximum absolute atomic E-state index is 13.5. The molecule has 2 fully saturated rings. The first-order chi connectivity index (χ1) is 26.1. The minimum atomic E-state index is -1.34. The number of anilines is 1. The topological polar surface area (TPSA) is 124 Å². The number of hydrogen-bond acceptors (Lipinski definition) is 10. The molecule has 0 radical (unpaired) electrons. The van der Waals surface area contributed by atoms with Crippen LogP contribution < -0.4 is 4.90 Å². The highest BCUT2D eigenvalue weighted by Crippen LogP contribution is 2.46. The molecule has 2 aliphatic rings. The van der Waals surface area contributed by atoms with Crippen LogP contribution in [0, 0.1) is 0 Å². The molecule has 14 heteroatoms. The Morgan fingerprint density at radius 3 is 2.05 bits per heavy atom. The number of aliphatic hydroxyl groups is 1. The van der Waals surface area contributed by atoms with Crippen LogP contribution in [0.15, 0.2) is 30.8 Å². The number of fused-ring (bicyclic) bond motifs is 3. The fraction of sp³-hybridized carbons (Fsp3) is 0.667. The van der Waals surface area contributed by atoms with Gasteiger partial charge in [-0.2, -0.15) is 9.61 Å². The van der Waals surface area contributed by atoms with Gasteiger partial charge in [0.25, 0.3) is 0 Å². The van der Waals surface area contributed by atoms with E-state index in [1.165, 1.54) is 0 Å². The molecule has 0 aliphatic carbocycles. The molecule has 3 aromatic rings. The van der Waals surface area contributed by atoms with Gasteiger partial charge in [-0.15, -0.1) is 0 Å². The van der Waals surface area contributed by atoms with E-state index >= 15 is 0 Å². The van der Waals surface area contributed by atoms with Crippen LogP contribution in [0.5, 0.6) is 0 Å². The molecule has 3 aromatic heterocycles. The highest BCUT2D eigenvalue weighted by atomic mass is 28.3. The summed E-state index contributed by atoms with van der Waals surface area (Å²) in [5, 5.41) is 15.6. The second-order valence-corrected chi connectivity index (χ2v) is 30.7. The van der Waals surface area contributed by atoms with Gasteiger partial charge in [-0.1, -0.05) is 45.3 Å². The van der Waals surface area contributed by atoms with Crippen molar-refractivity contribution in [2.45, 2.75) is 148 Å². The Balaban J connectivity index is 1.66. The number of rotatable bonds is 17. The number of ether oxygens (including phenoxy) is 4. The number of nitrogens with zero attached hydrogens (tertiary/aromatic N) is 6. The van der Waals surface area contributed by atoms with Gasteiger partial charge in [-0.3, -0.25) is 4.98 Å². The Morgan fingerprint density at radius 1 is 0.946 bits per heavy atom. The van der Waals surface area contributed by atoms with Gasteiger partial charge < -0.3 is 33.9 Å². The van der Waals surface area contributed by atoms with E-state index in [2.05, 4.69) is 49.2 Å². The van der Waals surface area contributed by atoms with Gasteiger partial charge in [0.15, 0.2) is 5.65 Å². The first kappa shape index (κ1) is 43.8. The second kappa shape index (κ2) is 17.7. The lowest BCUT2D eigenvalue weighted by Crippen LogP contribution is -2.48. The first-order valence-electron chi connectivity index (χ1n) is 20.5. The van der Waals surface area contributed by atoms with E-state index in [1.54, 1.807) is 26.3 Å². The summed E-state index contributed by atoms with van der Waals surface area (Å²) in [6.07, 6.45) is 10.5. The van der Waals surface area contributed by atoms with Crippen LogP contribution in [0.25, 0.3) is 22.9 Å². The Hall–Kier alpha value is -3.31. The largest absolute Gasteiger partial charge is 0.501 e. The lowest BCUT2D eigenvalue weighted by molar-refractivity contribution is 0.00567. The number of carbonyl (C=O) groups is 1. The fourth-order valence-electron chi connectivity index (χ4n) is 7.39. The van der Waals surface area contributed by atoms with Crippen molar-refractivity contribution < 1.29 is 28.8 Å². The van der Waals surface area contributed by atoms with E-state index in [4.69, 9.17) is 29.0 Å². The van der Waals surface area contributed by atoms with Gasteiger partial charge in [0.2, 0.25) is 0 Å². The van der Waals surface area contributed by atoms with Gasteiger partial charge in [-0.25, -0.2) is 9.78 Å². The number of hydrogen-bond donors (Lipinski definition) is 1. The van der Waals surface area contributed by atoms with Crippen molar-refractivity contribution in [2.75, 3.05) is 38.2 Å². The molecule has 5 heterocycles. The minimum Gasteiger partial charge on any atom is -0.501 e. The monoisotopic (exact) mass is 808 g/mol. The molecule has 12 nitrogen and oxygen atoms in total. The van der Waals surface area contributed by atoms with E-state index in [-0.39, 0.29) is 24.1 Å². The third-order valence-electron chi connectivity index (χ3n) is 10.4. The summed E-state index contributed by atoms with van der Waals surface area (Å²) in [6.45, 7) is 27.8. The fourth-order valence-corrected chi connectivity index (χ4v) is 8.91. The predicted octanol–water partition coefficient (Wildman–Crippen LogP) is 9.10. The molecular formula is C42H68N6O6Si2. The summed E-state index contributed by atoms with van der Waals surface area (Å²) in [5.41, 5.74) is 3.14. The zero-order valence-electron chi connectivity index (χ0n) is 36.1. The van der Waals surface area contributed by atoms with Crippen molar-refractivity contribution in [3.8, 4) is 11.1 Å². The average Bonchev–Trinajstić information content (AvgIpc) is 3.63. The van der Waals surface area contributed by atoms with E-state index in [1.807, 2.05) is 61.5 Å².